The Bertz CT molecular complexity index is 434. The lowest BCUT2D eigenvalue weighted by molar-refractivity contribution is 0.0908. The average molecular weight is 261 g/mol. The van der Waals surface area contributed by atoms with Gasteiger partial charge in [-0.25, -0.2) is 0 Å². The van der Waals surface area contributed by atoms with Crippen molar-refractivity contribution >= 4 is 5.91 Å². The summed E-state index contributed by atoms with van der Waals surface area (Å²) < 4.78 is 5.24. The van der Waals surface area contributed by atoms with Crippen molar-refractivity contribution in [1.29, 1.82) is 0 Å². The van der Waals surface area contributed by atoms with Gasteiger partial charge in [0.2, 0.25) is 0 Å². The number of carbonyl (C=O) groups excluding carboxylic acids is 1. The van der Waals surface area contributed by atoms with Crippen LogP contribution in [0.5, 0.6) is 5.75 Å². The smallest absolute Gasteiger partial charge is 0.255 e. The second-order valence-electron chi connectivity index (χ2n) is 5.79. The van der Waals surface area contributed by atoms with E-state index in [1.807, 2.05) is 24.3 Å². The van der Waals surface area contributed by atoms with E-state index in [1.54, 1.807) is 7.11 Å². The summed E-state index contributed by atoms with van der Waals surface area (Å²) in [6.07, 6.45) is 3.41. The van der Waals surface area contributed by atoms with E-state index in [-0.39, 0.29) is 11.9 Å². The Labute approximate surface area is 115 Å². The monoisotopic (exact) mass is 261 g/mol. The number of para-hydroxylation sites is 1. The minimum Gasteiger partial charge on any atom is -0.496 e. The number of carbonyl (C=O) groups is 1. The number of hydrogen-bond acceptors (Lipinski definition) is 2. The fourth-order valence-electron chi connectivity index (χ4n) is 3.16. The molecule has 19 heavy (non-hydrogen) atoms. The number of hydrogen-bond donors (Lipinski definition) is 1. The molecule has 0 bridgehead atoms. The van der Waals surface area contributed by atoms with Crippen LogP contribution in [0.1, 0.15) is 43.5 Å². The Hall–Kier alpha value is -1.51. The molecule has 1 fully saturated rings. The van der Waals surface area contributed by atoms with Crippen LogP contribution in [0.3, 0.4) is 0 Å². The minimum atomic E-state index is -0.0243. The Morgan fingerprint density at radius 1 is 1.16 bits per heavy atom. The summed E-state index contributed by atoms with van der Waals surface area (Å²) in [5.74, 6) is 1.99. The maximum atomic E-state index is 12.3. The first-order valence-corrected chi connectivity index (χ1v) is 7.04. The highest BCUT2D eigenvalue weighted by Gasteiger charge is 2.25. The zero-order valence-electron chi connectivity index (χ0n) is 12.0. The molecule has 1 aliphatic rings. The molecule has 0 aliphatic heterocycles. The van der Waals surface area contributed by atoms with Gasteiger partial charge >= 0.3 is 0 Å². The van der Waals surface area contributed by atoms with E-state index in [2.05, 4.69) is 19.2 Å². The van der Waals surface area contributed by atoms with E-state index < -0.39 is 0 Å². The van der Waals surface area contributed by atoms with Crippen molar-refractivity contribution in [1.82, 2.24) is 5.32 Å². The summed E-state index contributed by atoms with van der Waals surface area (Å²) in [7, 11) is 1.59. The highest BCUT2D eigenvalue weighted by molar-refractivity contribution is 5.97. The lowest BCUT2D eigenvalue weighted by Gasteiger charge is -2.32. The molecule has 0 heterocycles. The molecule has 1 saturated carbocycles. The third-order valence-electron chi connectivity index (χ3n) is 3.87. The molecule has 1 aromatic rings. The highest BCUT2D eigenvalue weighted by Crippen LogP contribution is 2.29. The van der Waals surface area contributed by atoms with Crippen LogP contribution in [0.4, 0.5) is 0 Å². The quantitative estimate of drug-likeness (QED) is 0.907. The average Bonchev–Trinajstić information content (AvgIpc) is 2.37. The first-order valence-electron chi connectivity index (χ1n) is 7.04. The molecule has 104 valence electrons. The normalized spacial score (nSPS) is 26.8. The van der Waals surface area contributed by atoms with Gasteiger partial charge in [0, 0.05) is 6.04 Å². The van der Waals surface area contributed by atoms with Gasteiger partial charge in [0.25, 0.3) is 5.91 Å². The van der Waals surface area contributed by atoms with Crippen molar-refractivity contribution in [2.24, 2.45) is 11.8 Å². The standard InChI is InChI=1S/C16H23NO2/c1-11-8-12(2)10-13(9-11)17-16(18)14-6-4-5-7-15(14)19-3/h4-7,11-13H,8-10H2,1-3H3,(H,17,18). The van der Waals surface area contributed by atoms with Gasteiger partial charge in [-0.3, -0.25) is 4.79 Å². The van der Waals surface area contributed by atoms with Gasteiger partial charge in [-0.05, 0) is 43.2 Å². The van der Waals surface area contributed by atoms with Gasteiger partial charge in [-0.1, -0.05) is 26.0 Å². The van der Waals surface area contributed by atoms with Crippen LogP contribution in [0, 0.1) is 11.8 Å². The Morgan fingerprint density at radius 3 is 2.42 bits per heavy atom. The predicted octanol–water partition coefficient (Wildman–Crippen LogP) is 3.25. The molecule has 3 nitrogen and oxygen atoms in total. The molecule has 2 unspecified atom stereocenters. The Morgan fingerprint density at radius 2 is 1.79 bits per heavy atom. The SMILES string of the molecule is COc1ccccc1C(=O)NC1CC(C)CC(C)C1. The minimum absolute atomic E-state index is 0.0243. The molecule has 2 rings (SSSR count). The van der Waals surface area contributed by atoms with Crippen LogP contribution >= 0.6 is 0 Å². The van der Waals surface area contributed by atoms with E-state index in [4.69, 9.17) is 4.74 Å². The number of methoxy groups -OCH3 is 1. The first kappa shape index (κ1) is 13.9. The van der Waals surface area contributed by atoms with Gasteiger partial charge in [0.1, 0.15) is 5.75 Å². The molecule has 1 N–H and O–H groups in total. The molecule has 0 spiro atoms. The van der Waals surface area contributed by atoms with Gasteiger partial charge in [-0.15, -0.1) is 0 Å². The summed E-state index contributed by atoms with van der Waals surface area (Å²) in [6, 6.07) is 7.66. The molecular formula is C16H23NO2. The van der Waals surface area contributed by atoms with Crippen LogP contribution in [-0.2, 0) is 0 Å². The van der Waals surface area contributed by atoms with E-state index in [9.17, 15) is 4.79 Å². The van der Waals surface area contributed by atoms with Crippen molar-refractivity contribution < 1.29 is 9.53 Å². The predicted molar refractivity (Wildman–Crippen MR) is 76.4 cm³/mol. The molecular weight excluding hydrogens is 238 g/mol. The van der Waals surface area contributed by atoms with Gasteiger partial charge in [0.05, 0.1) is 12.7 Å². The maximum absolute atomic E-state index is 12.3. The van der Waals surface area contributed by atoms with Crippen molar-refractivity contribution in [2.45, 2.75) is 39.2 Å². The number of benzene rings is 1. The molecule has 1 aliphatic carbocycles. The van der Waals surface area contributed by atoms with Crippen molar-refractivity contribution in [3.05, 3.63) is 29.8 Å². The van der Waals surface area contributed by atoms with Crippen LogP contribution in [0.25, 0.3) is 0 Å². The van der Waals surface area contributed by atoms with Crippen molar-refractivity contribution in [3.63, 3.8) is 0 Å². The summed E-state index contributed by atoms with van der Waals surface area (Å²) >= 11 is 0. The van der Waals surface area contributed by atoms with E-state index >= 15 is 0 Å². The molecule has 0 radical (unpaired) electrons. The molecule has 1 aromatic carbocycles. The third kappa shape index (κ3) is 3.49. The highest BCUT2D eigenvalue weighted by atomic mass is 16.5. The maximum Gasteiger partial charge on any atom is 0.255 e. The molecule has 0 saturated heterocycles. The Kier molecular flexibility index (Phi) is 4.46. The second kappa shape index (κ2) is 6.09. The van der Waals surface area contributed by atoms with E-state index in [0.717, 1.165) is 12.8 Å². The van der Waals surface area contributed by atoms with Crippen molar-refractivity contribution in [3.8, 4) is 5.75 Å². The Balaban J connectivity index is 2.04. The number of ether oxygens (including phenoxy) is 1. The number of nitrogens with one attached hydrogen (secondary N) is 1. The first-order chi connectivity index (χ1) is 9.10. The van der Waals surface area contributed by atoms with E-state index in [1.165, 1.54) is 6.42 Å². The summed E-state index contributed by atoms with van der Waals surface area (Å²) in [5.41, 5.74) is 0.621. The van der Waals surface area contributed by atoms with Crippen molar-refractivity contribution in [2.75, 3.05) is 7.11 Å². The molecule has 3 heteroatoms. The number of amides is 1. The van der Waals surface area contributed by atoms with Crippen LogP contribution in [-0.4, -0.2) is 19.1 Å². The summed E-state index contributed by atoms with van der Waals surface area (Å²) in [6.45, 7) is 4.52. The zero-order chi connectivity index (χ0) is 13.8. The summed E-state index contributed by atoms with van der Waals surface area (Å²) in [4.78, 5) is 12.3. The topological polar surface area (TPSA) is 38.3 Å². The fourth-order valence-corrected chi connectivity index (χ4v) is 3.16. The fraction of sp³-hybridized carbons (Fsp3) is 0.562. The number of rotatable bonds is 3. The van der Waals surface area contributed by atoms with Crippen LogP contribution < -0.4 is 10.1 Å². The van der Waals surface area contributed by atoms with Gasteiger partial charge in [0.15, 0.2) is 0 Å². The van der Waals surface area contributed by atoms with Crippen LogP contribution in [0.15, 0.2) is 24.3 Å². The van der Waals surface area contributed by atoms with Crippen LogP contribution in [0.2, 0.25) is 0 Å². The third-order valence-corrected chi connectivity index (χ3v) is 3.87. The second-order valence-corrected chi connectivity index (χ2v) is 5.79. The zero-order valence-corrected chi connectivity index (χ0v) is 12.0. The lowest BCUT2D eigenvalue weighted by atomic mass is 9.80. The largest absolute Gasteiger partial charge is 0.496 e. The molecule has 1 amide bonds. The molecule has 2 atom stereocenters. The molecule has 0 aromatic heterocycles. The van der Waals surface area contributed by atoms with Gasteiger partial charge < -0.3 is 10.1 Å². The van der Waals surface area contributed by atoms with Gasteiger partial charge in [-0.2, -0.15) is 0 Å². The lowest BCUT2D eigenvalue weighted by Crippen LogP contribution is -2.40. The van der Waals surface area contributed by atoms with E-state index in [0.29, 0.717) is 23.1 Å². The summed E-state index contributed by atoms with van der Waals surface area (Å²) in [5, 5.41) is 3.15.